The third-order valence-corrected chi connectivity index (χ3v) is 4.43. The van der Waals surface area contributed by atoms with Crippen LogP contribution in [0.2, 0.25) is 0 Å². The molecule has 0 saturated heterocycles. The van der Waals surface area contributed by atoms with Crippen LogP contribution in [0.4, 0.5) is 0 Å². The number of aliphatic hydroxyl groups is 1. The summed E-state index contributed by atoms with van der Waals surface area (Å²) in [6.45, 7) is 2.86. The molecule has 0 radical (unpaired) electrons. The van der Waals surface area contributed by atoms with Gasteiger partial charge in [0.2, 0.25) is 5.91 Å². The standard InChI is InChI=1S/C23H31NO5/c1-18(29-14-13-25)16-28-17-21(15-20-7-10-22(26)11-8-20)24-23(27)12-9-19-5-3-2-4-6-19/h2-8,10-11,18,21,25-26H,9,12-17H2,1H3,(H,24,27)/t18-,21+/m0/s1. The highest BCUT2D eigenvalue weighted by Gasteiger charge is 2.15. The Balaban J connectivity index is 1.86. The number of phenols is 1. The van der Waals surface area contributed by atoms with Crippen LogP contribution in [-0.4, -0.2) is 54.7 Å². The van der Waals surface area contributed by atoms with Gasteiger partial charge < -0.3 is 25.0 Å². The van der Waals surface area contributed by atoms with Gasteiger partial charge in [0.15, 0.2) is 0 Å². The van der Waals surface area contributed by atoms with Gasteiger partial charge in [-0.3, -0.25) is 4.79 Å². The van der Waals surface area contributed by atoms with Crippen molar-refractivity contribution < 1.29 is 24.5 Å². The van der Waals surface area contributed by atoms with Crippen LogP contribution in [0.5, 0.6) is 5.75 Å². The minimum atomic E-state index is -0.187. The smallest absolute Gasteiger partial charge is 0.220 e. The SMILES string of the molecule is C[C@@H](COC[C@@H](Cc1ccc(O)cc1)NC(=O)CCc1ccccc1)OCCO. The van der Waals surface area contributed by atoms with Crippen molar-refractivity contribution in [3.63, 3.8) is 0 Å². The summed E-state index contributed by atoms with van der Waals surface area (Å²) in [6.07, 6.45) is 1.56. The summed E-state index contributed by atoms with van der Waals surface area (Å²) in [5, 5.41) is 21.3. The van der Waals surface area contributed by atoms with Gasteiger partial charge in [0, 0.05) is 6.42 Å². The highest BCUT2D eigenvalue weighted by atomic mass is 16.5. The van der Waals surface area contributed by atoms with Crippen molar-refractivity contribution in [1.82, 2.24) is 5.32 Å². The van der Waals surface area contributed by atoms with E-state index >= 15 is 0 Å². The molecule has 29 heavy (non-hydrogen) atoms. The van der Waals surface area contributed by atoms with Crippen molar-refractivity contribution in [3.05, 3.63) is 65.7 Å². The fourth-order valence-corrected chi connectivity index (χ4v) is 2.95. The summed E-state index contributed by atoms with van der Waals surface area (Å²) in [7, 11) is 0. The van der Waals surface area contributed by atoms with E-state index in [2.05, 4.69) is 5.32 Å². The van der Waals surface area contributed by atoms with Gasteiger partial charge in [-0.1, -0.05) is 42.5 Å². The van der Waals surface area contributed by atoms with Crippen molar-refractivity contribution in [2.24, 2.45) is 0 Å². The Bertz CT molecular complexity index is 705. The zero-order chi connectivity index (χ0) is 20.9. The molecule has 0 spiro atoms. The maximum atomic E-state index is 12.5. The fourth-order valence-electron chi connectivity index (χ4n) is 2.95. The second-order valence-corrected chi connectivity index (χ2v) is 7.06. The van der Waals surface area contributed by atoms with Crippen molar-refractivity contribution in [2.75, 3.05) is 26.4 Å². The van der Waals surface area contributed by atoms with Crippen LogP contribution in [0, 0.1) is 0 Å². The van der Waals surface area contributed by atoms with E-state index in [1.807, 2.05) is 49.4 Å². The summed E-state index contributed by atoms with van der Waals surface area (Å²) >= 11 is 0. The molecule has 6 heteroatoms. The average Bonchev–Trinajstić information content (AvgIpc) is 2.73. The lowest BCUT2D eigenvalue weighted by molar-refractivity contribution is -0.122. The quantitative estimate of drug-likeness (QED) is 0.480. The van der Waals surface area contributed by atoms with Crippen LogP contribution in [0.3, 0.4) is 0 Å². The Kier molecular flexibility index (Phi) is 10.2. The molecule has 0 aliphatic carbocycles. The molecule has 0 bridgehead atoms. The summed E-state index contributed by atoms with van der Waals surface area (Å²) in [4.78, 5) is 12.5. The summed E-state index contributed by atoms with van der Waals surface area (Å²) in [5.74, 6) is 0.189. The van der Waals surface area contributed by atoms with Gasteiger partial charge in [0.25, 0.3) is 0 Å². The maximum absolute atomic E-state index is 12.5. The van der Waals surface area contributed by atoms with Gasteiger partial charge in [-0.25, -0.2) is 0 Å². The number of hydrogen-bond acceptors (Lipinski definition) is 5. The first kappa shape index (κ1) is 22.9. The Hall–Kier alpha value is -2.41. The van der Waals surface area contributed by atoms with Crippen molar-refractivity contribution in [1.29, 1.82) is 0 Å². The second-order valence-electron chi connectivity index (χ2n) is 7.06. The number of rotatable bonds is 13. The Labute approximate surface area is 172 Å². The van der Waals surface area contributed by atoms with Gasteiger partial charge in [-0.05, 0) is 43.0 Å². The summed E-state index contributed by atoms with van der Waals surface area (Å²) < 4.78 is 11.1. The molecule has 0 saturated carbocycles. The lowest BCUT2D eigenvalue weighted by Gasteiger charge is -2.21. The van der Waals surface area contributed by atoms with E-state index < -0.39 is 0 Å². The predicted molar refractivity (Wildman–Crippen MR) is 112 cm³/mol. The van der Waals surface area contributed by atoms with Crippen LogP contribution in [0.15, 0.2) is 54.6 Å². The van der Waals surface area contributed by atoms with Crippen LogP contribution in [0.25, 0.3) is 0 Å². The third-order valence-electron chi connectivity index (χ3n) is 4.43. The molecular weight excluding hydrogens is 370 g/mol. The minimum Gasteiger partial charge on any atom is -0.508 e. The molecule has 0 aliphatic heterocycles. The third kappa shape index (κ3) is 9.56. The zero-order valence-electron chi connectivity index (χ0n) is 16.9. The van der Waals surface area contributed by atoms with Gasteiger partial charge in [0.1, 0.15) is 5.75 Å². The Morgan fingerprint density at radius 1 is 1.03 bits per heavy atom. The second kappa shape index (κ2) is 12.9. The van der Waals surface area contributed by atoms with E-state index in [4.69, 9.17) is 14.6 Å². The number of nitrogens with one attached hydrogen (secondary N) is 1. The van der Waals surface area contributed by atoms with Gasteiger partial charge in [0.05, 0.1) is 38.6 Å². The van der Waals surface area contributed by atoms with E-state index in [1.54, 1.807) is 12.1 Å². The van der Waals surface area contributed by atoms with Crippen molar-refractivity contribution >= 4 is 5.91 Å². The first-order valence-electron chi connectivity index (χ1n) is 9.98. The molecule has 2 aromatic rings. The van der Waals surface area contributed by atoms with Crippen LogP contribution in [-0.2, 0) is 27.1 Å². The lowest BCUT2D eigenvalue weighted by Crippen LogP contribution is -2.40. The van der Waals surface area contributed by atoms with E-state index in [1.165, 1.54) is 0 Å². The minimum absolute atomic E-state index is 0.0224. The molecule has 0 aromatic heterocycles. The van der Waals surface area contributed by atoms with E-state index in [0.29, 0.717) is 32.5 Å². The van der Waals surface area contributed by atoms with Crippen LogP contribution >= 0.6 is 0 Å². The Morgan fingerprint density at radius 2 is 1.76 bits per heavy atom. The predicted octanol–water partition coefficient (Wildman–Crippen LogP) is 2.47. The number of benzene rings is 2. The molecule has 2 atom stereocenters. The molecule has 2 rings (SSSR count). The Morgan fingerprint density at radius 3 is 2.45 bits per heavy atom. The highest BCUT2D eigenvalue weighted by Crippen LogP contribution is 2.12. The zero-order valence-corrected chi connectivity index (χ0v) is 16.9. The molecule has 6 nitrogen and oxygen atoms in total. The molecule has 0 unspecified atom stereocenters. The summed E-state index contributed by atoms with van der Waals surface area (Å²) in [6, 6.07) is 16.7. The molecule has 0 aliphatic rings. The molecule has 2 aromatic carbocycles. The molecule has 158 valence electrons. The number of aliphatic hydroxyl groups excluding tert-OH is 1. The molecule has 0 fully saturated rings. The van der Waals surface area contributed by atoms with Crippen molar-refractivity contribution in [3.8, 4) is 5.75 Å². The molecule has 1 amide bonds. The highest BCUT2D eigenvalue weighted by molar-refractivity contribution is 5.76. The largest absolute Gasteiger partial charge is 0.508 e. The number of carbonyl (C=O) groups excluding carboxylic acids is 1. The first-order valence-corrected chi connectivity index (χ1v) is 9.98. The lowest BCUT2D eigenvalue weighted by atomic mass is 10.1. The average molecular weight is 402 g/mol. The van der Waals surface area contributed by atoms with E-state index in [-0.39, 0.29) is 37.0 Å². The van der Waals surface area contributed by atoms with Gasteiger partial charge in [-0.15, -0.1) is 0 Å². The molecule has 3 N–H and O–H groups in total. The number of aromatic hydroxyl groups is 1. The number of carbonyl (C=O) groups is 1. The summed E-state index contributed by atoms with van der Waals surface area (Å²) in [5.41, 5.74) is 2.13. The van der Waals surface area contributed by atoms with Gasteiger partial charge in [-0.2, -0.15) is 0 Å². The number of amides is 1. The van der Waals surface area contributed by atoms with Crippen LogP contribution < -0.4 is 5.32 Å². The normalized spacial score (nSPS) is 13.0. The number of ether oxygens (including phenoxy) is 2. The fraction of sp³-hybridized carbons (Fsp3) is 0.435. The van der Waals surface area contributed by atoms with E-state index in [9.17, 15) is 9.90 Å². The number of hydrogen-bond donors (Lipinski definition) is 3. The van der Waals surface area contributed by atoms with Gasteiger partial charge >= 0.3 is 0 Å². The monoisotopic (exact) mass is 401 g/mol. The number of phenolic OH excluding ortho intramolecular Hbond substituents is 1. The maximum Gasteiger partial charge on any atom is 0.220 e. The first-order chi connectivity index (χ1) is 14.1. The molecule has 0 heterocycles. The molecular formula is C23H31NO5. The van der Waals surface area contributed by atoms with E-state index in [0.717, 1.165) is 11.1 Å². The van der Waals surface area contributed by atoms with Crippen molar-refractivity contribution in [2.45, 2.75) is 38.3 Å². The van der Waals surface area contributed by atoms with Crippen LogP contribution in [0.1, 0.15) is 24.5 Å². The number of aryl methyl sites for hydroxylation is 1. The topological polar surface area (TPSA) is 88.0 Å².